The first kappa shape index (κ1) is 33.4. The van der Waals surface area contributed by atoms with Crippen molar-refractivity contribution in [3.05, 3.63) is 47.0 Å². The molecule has 2 aromatic carbocycles. The molecule has 10 heteroatoms. The molecule has 238 valence electrons. The topological polar surface area (TPSA) is 81.3 Å². The zero-order valence-corrected chi connectivity index (χ0v) is 28.8. The normalized spacial score (nSPS) is 21.8. The van der Waals surface area contributed by atoms with Gasteiger partial charge in [-0.15, -0.1) is 0 Å². The maximum Gasteiger partial charge on any atom is 0.319 e. The Morgan fingerprint density at radius 1 is 0.977 bits per heavy atom. The highest BCUT2D eigenvalue weighted by Crippen LogP contribution is 2.42. The van der Waals surface area contributed by atoms with Crippen molar-refractivity contribution in [2.45, 2.75) is 89.2 Å². The number of hydrogen-bond donors (Lipinski definition) is 2. The second-order valence-corrected chi connectivity index (χ2v) is 18.7. The Kier molecular flexibility index (Phi) is 11.0. The number of likely N-dealkylation sites (tertiary alicyclic amines) is 1. The summed E-state index contributed by atoms with van der Waals surface area (Å²) in [5.41, 5.74) is 1.91. The number of rotatable bonds is 10. The van der Waals surface area contributed by atoms with Gasteiger partial charge in [0.05, 0.1) is 27.0 Å². The molecule has 0 radical (unpaired) electrons. The maximum absolute atomic E-state index is 13.4. The van der Waals surface area contributed by atoms with E-state index >= 15 is 0 Å². The van der Waals surface area contributed by atoms with E-state index in [1.54, 1.807) is 33.5 Å². The average Bonchev–Trinajstić information content (AvgIpc) is 3.34. The number of halogens is 1. The van der Waals surface area contributed by atoms with E-state index in [2.05, 4.69) is 61.5 Å². The summed E-state index contributed by atoms with van der Waals surface area (Å²) in [6, 6.07) is 11.7. The molecule has 1 saturated heterocycles. The summed E-state index contributed by atoms with van der Waals surface area (Å²) in [6.45, 7) is 13.5. The first-order chi connectivity index (χ1) is 20.3. The first-order valence-corrected chi connectivity index (χ1v) is 18.7. The van der Waals surface area contributed by atoms with Gasteiger partial charge in [-0.1, -0.05) is 44.5 Å². The van der Waals surface area contributed by atoms with E-state index in [0.717, 1.165) is 50.2 Å². The van der Waals surface area contributed by atoms with Crippen LogP contribution in [0.2, 0.25) is 23.2 Å². The second kappa shape index (κ2) is 14.1. The quantitative estimate of drug-likeness (QED) is 0.267. The fraction of sp³-hybridized carbons (Fsp3) is 0.606. The Morgan fingerprint density at radius 3 is 2.12 bits per heavy atom. The Balaban J connectivity index is 1.45. The van der Waals surface area contributed by atoms with E-state index in [1.807, 2.05) is 12.1 Å². The third kappa shape index (κ3) is 8.38. The van der Waals surface area contributed by atoms with Crippen molar-refractivity contribution < 1.29 is 23.4 Å². The number of ether oxygens (including phenoxy) is 3. The number of carbonyl (C=O) groups is 1. The molecule has 1 aliphatic heterocycles. The van der Waals surface area contributed by atoms with Crippen LogP contribution >= 0.6 is 11.6 Å². The van der Waals surface area contributed by atoms with Gasteiger partial charge in [0.15, 0.2) is 19.8 Å². The summed E-state index contributed by atoms with van der Waals surface area (Å²) in [5.74, 6) is 2.10. The number of anilines is 1. The summed E-state index contributed by atoms with van der Waals surface area (Å²) in [7, 11) is 2.72. The van der Waals surface area contributed by atoms with Gasteiger partial charge in [0.25, 0.3) is 0 Å². The zero-order chi connectivity index (χ0) is 31.4. The van der Waals surface area contributed by atoms with Gasteiger partial charge < -0.3 is 29.3 Å². The van der Waals surface area contributed by atoms with E-state index in [-0.39, 0.29) is 29.3 Å². The largest absolute Gasteiger partial charge is 0.493 e. The van der Waals surface area contributed by atoms with Crippen LogP contribution in [0.3, 0.4) is 0 Å². The molecule has 2 amide bonds. The van der Waals surface area contributed by atoms with Crippen LogP contribution in [0.4, 0.5) is 10.5 Å². The monoisotopic (exact) mass is 631 g/mol. The molecule has 0 unspecified atom stereocenters. The minimum atomic E-state index is -1.96. The van der Waals surface area contributed by atoms with Crippen LogP contribution in [0, 0.1) is 5.92 Å². The van der Waals surface area contributed by atoms with Crippen molar-refractivity contribution in [2.75, 3.05) is 39.7 Å². The Bertz CT molecular complexity index is 1200. The van der Waals surface area contributed by atoms with Gasteiger partial charge >= 0.3 is 6.03 Å². The number of nitrogens with one attached hydrogen (secondary N) is 2. The highest BCUT2D eigenvalue weighted by molar-refractivity contribution is 6.74. The van der Waals surface area contributed by atoms with E-state index in [9.17, 15) is 4.79 Å². The Hall–Kier alpha value is -2.46. The summed E-state index contributed by atoms with van der Waals surface area (Å²) in [4.78, 5) is 16.0. The van der Waals surface area contributed by atoms with Crippen LogP contribution in [-0.2, 0) is 10.8 Å². The molecule has 2 aromatic rings. The summed E-state index contributed by atoms with van der Waals surface area (Å²) in [5, 5.41) is 7.20. The zero-order valence-electron chi connectivity index (χ0n) is 27.1. The molecular weight excluding hydrogens is 582 g/mol. The molecule has 2 N–H and O–H groups in total. The molecule has 0 spiro atoms. The Labute approximate surface area is 263 Å². The lowest BCUT2D eigenvalue weighted by atomic mass is 9.89. The molecule has 8 nitrogen and oxygen atoms in total. The van der Waals surface area contributed by atoms with Crippen LogP contribution < -0.4 is 24.8 Å². The third-order valence-corrected chi connectivity index (χ3v) is 14.3. The van der Waals surface area contributed by atoms with Gasteiger partial charge in [-0.05, 0) is 86.9 Å². The van der Waals surface area contributed by atoms with Crippen molar-refractivity contribution in [3.63, 3.8) is 0 Å². The predicted molar refractivity (Wildman–Crippen MR) is 177 cm³/mol. The van der Waals surface area contributed by atoms with E-state index in [0.29, 0.717) is 28.9 Å². The standard InChI is InChI=1S/C33H50ClN3O5Si/c1-33(2,3)43(7,8)42-26-20-27(36-32(38)35-25-18-29(39-4)31(41-6)30(19-25)40-5)28(21-26)37-15-13-23(14-16-37)17-22-9-11-24(34)12-10-22/h9-12,18-19,23,26-28H,13-17,20-21H2,1-8H3,(H2,35,36,38)/t26-,27+,28+/m0/s1. The molecule has 1 aliphatic carbocycles. The molecule has 0 bridgehead atoms. The number of methoxy groups -OCH3 is 3. The summed E-state index contributed by atoms with van der Waals surface area (Å²) >= 11 is 6.09. The van der Waals surface area contributed by atoms with Crippen LogP contribution in [0.25, 0.3) is 0 Å². The molecule has 0 aromatic heterocycles. The lowest BCUT2D eigenvalue weighted by Crippen LogP contribution is -2.52. The van der Waals surface area contributed by atoms with Crippen molar-refractivity contribution in [3.8, 4) is 17.2 Å². The van der Waals surface area contributed by atoms with Gasteiger partial charge in [-0.2, -0.15) is 0 Å². The van der Waals surface area contributed by atoms with Crippen molar-refractivity contribution in [2.24, 2.45) is 5.92 Å². The van der Waals surface area contributed by atoms with Gasteiger partial charge in [0.2, 0.25) is 5.75 Å². The van der Waals surface area contributed by atoms with Gasteiger partial charge in [-0.25, -0.2) is 4.79 Å². The molecular formula is C33H50ClN3O5Si. The number of amides is 2. The number of carbonyl (C=O) groups excluding carboxylic acids is 1. The van der Waals surface area contributed by atoms with Crippen molar-refractivity contribution in [1.82, 2.24) is 10.2 Å². The SMILES string of the molecule is COc1cc(NC(=O)N[C@@H]2C[C@H](O[Si](C)(C)C(C)(C)C)C[C@H]2N2CCC(Cc3ccc(Cl)cc3)CC2)cc(OC)c1OC. The van der Waals surface area contributed by atoms with Crippen molar-refractivity contribution in [1.29, 1.82) is 0 Å². The number of benzene rings is 2. The Morgan fingerprint density at radius 2 is 1.58 bits per heavy atom. The fourth-order valence-corrected chi connectivity index (χ4v) is 7.66. The van der Waals surface area contributed by atoms with E-state index in [1.165, 1.54) is 5.56 Å². The molecule has 2 aliphatic rings. The molecule has 3 atom stereocenters. The molecule has 2 fully saturated rings. The average molecular weight is 632 g/mol. The van der Waals surface area contributed by atoms with Crippen LogP contribution in [-0.4, -0.2) is 71.9 Å². The maximum atomic E-state index is 13.4. The minimum absolute atomic E-state index is 0.0235. The third-order valence-electron chi connectivity index (χ3n) is 9.55. The van der Waals surface area contributed by atoms with E-state index in [4.69, 9.17) is 30.2 Å². The van der Waals surface area contributed by atoms with Crippen LogP contribution in [0.1, 0.15) is 52.0 Å². The predicted octanol–water partition coefficient (Wildman–Crippen LogP) is 7.36. The number of hydrogen-bond acceptors (Lipinski definition) is 6. The van der Waals surface area contributed by atoms with Gasteiger partial charge in [0, 0.05) is 35.3 Å². The molecule has 43 heavy (non-hydrogen) atoms. The lowest BCUT2D eigenvalue weighted by molar-refractivity contribution is 0.110. The fourth-order valence-electron chi connectivity index (χ4n) is 6.15. The molecule has 1 heterocycles. The highest BCUT2D eigenvalue weighted by Gasteiger charge is 2.45. The van der Waals surface area contributed by atoms with Crippen molar-refractivity contribution >= 4 is 31.6 Å². The van der Waals surface area contributed by atoms with Crippen LogP contribution in [0.15, 0.2) is 36.4 Å². The lowest BCUT2D eigenvalue weighted by Gasteiger charge is -2.39. The van der Waals surface area contributed by atoms with Crippen LogP contribution in [0.5, 0.6) is 17.2 Å². The smallest absolute Gasteiger partial charge is 0.319 e. The summed E-state index contributed by atoms with van der Waals surface area (Å²) in [6.07, 6.45) is 5.18. The number of nitrogens with zero attached hydrogens (tertiary/aromatic N) is 1. The highest BCUT2D eigenvalue weighted by atomic mass is 35.5. The minimum Gasteiger partial charge on any atom is -0.493 e. The second-order valence-electron chi connectivity index (χ2n) is 13.5. The van der Waals surface area contributed by atoms with Gasteiger partial charge in [-0.3, -0.25) is 4.90 Å². The first-order valence-electron chi connectivity index (χ1n) is 15.4. The molecule has 1 saturated carbocycles. The molecule has 4 rings (SSSR count). The van der Waals surface area contributed by atoms with E-state index < -0.39 is 8.32 Å². The van der Waals surface area contributed by atoms with Gasteiger partial charge in [0.1, 0.15) is 0 Å². The summed E-state index contributed by atoms with van der Waals surface area (Å²) < 4.78 is 23.3. The number of piperidine rings is 1. The number of urea groups is 1.